The number of nitro benzene ring substituents is 1. The van der Waals surface area contributed by atoms with Crippen molar-refractivity contribution < 1.29 is 4.92 Å². The highest BCUT2D eigenvalue weighted by Crippen LogP contribution is 2.26. The van der Waals surface area contributed by atoms with Gasteiger partial charge in [-0.15, -0.1) is 11.3 Å². The van der Waals surface area contributed by atoms with E-state index >= 15 is 0 Å². The normalized spacial score (nSPS) is 10.4. The van der Waals surface area contributed by atoms with E-state index in [0.717, 1.165) is 15.7 Å². The highest BCUT2D eigenvalue weighted by atomic mass is 79.9. The maximum Gasteiger partial charge on any atom is 0.274 e. The molecule has 0 unspecified atom stereocenters. The summed E-state index contributed by atoms with van der Waals surface area (Å²) in [6.07, 6.45) is 0.660. The van der Waals surface area contributed by atoms with Gasteiger partial charge >= 0.3 is 0 Å². The van der Waals surface area contributed by atoms with E-state index in [0.29, 0.717) is 13.0 Å². The van der Waals surface area contributed by atoms with E-state index in [1.165, 1.54) is 4.88 Å². The average molecular weight is 341 g/mol. The summed E-state index contributed by atoms with van der Waals surface area (Å²) in [5, 5.41) is 16.2. The zero-order valence-electron chi connectivity index (χ0n) is 10.4. The number of benzene rings is 1. The number of nitrogens with one attached hydrogen (secondary N) is 1. The lowest BCUT2D eigenvalue weighted by Crippen LogP contribution is -2.00. The smallest absolute Gasteiger partial charge is 0.274 e. The summed E-state index contributed by atoms with van der Waals surface area (Å²) in [6, 6.07) is 7.28. The molecule has 1 heterocycles. The van der Waals surface area contributed by atoms with Gasteiger partial charge in [0.2, 0.25) is 0 Å². The number of thiophene rings is 1. The molecule has 19 heavy (non-hydrogen) atoms. The lowest BCUT2D eigenvalue weighted by atomic mass is 10.1. The number of rotatable bonds is 5. The maximum atomic E-state index is 11.0. The SMILES string of the molecule is CCc1ccc(NCc2sccc2Br)cc1[N+](=O)[O-]. The Kier molecular flexibility index (Phi) is 4.55. The summed E-state index contributed by atoms with van der Waals surface area (Å²) in [6.45, 7) is 2.57. The van der Waals surface area contributed by atoms with Gasteiger partial charge in [0.15, 0.2) is 0 Å². The van der Waals surface area contributed by atoms with Crippen molar-refractivity contribution in [3.05, 3.63) is 54.7 Å². The number of nitro groups is 1. The molecule has 0 atom stereocenters. The third-order valence-corrected chi connectivity index (χ3v) is 4.73. The molecule has 0 bridgehead atoms. The minimum atomic E-state index is -0.328. The predicted octanol–water partition coefficient (Wildman–Crippen LogP) is 4.59. The Labute approximate surface area is 123 Å². The van der Waals surface area contributed by atoms with Crippen molar-refractivity contribution in [1.29, 1.82) is 0 Å². The van der Waals surface area contributed by atoms with Gasteiger partial charge in [0, 0.05) is 26.7 Å². The molecular weight excluding hydrogens is 328 g/mol. The van der Waals surface area contributed by atoms with Crippen molar-refractivity contribution in [2.75, 3.05) is 5.32 Å². The molecule has 0 spiro atoms. The van der Waals surface area contributed by atoms with Crippen molar-refractivity contribution in [3.8, 4) is 0 Å². The Morgan fingerprint density at radius 1 is 1.42 bits per heavy atom. The van der Waals surface area contributed by atoms with Crippen LogP contribution in [0.4, 0.5) is 11.4 Å². The number of aryl methyl sites for hydroxylation is 1. The largest absolute Gasteiger partial charge is 0.380 e. The molecule has 1 N–H and O–H groups in total. The number of hydrogen-bond acceptors (Lipinski definition) is 4. The van der Waals surface area contributed by atoms with Gasteiger partial charge in [-0.3, -0.25) is 10.1 Å². The molecular formula is C13H13BrN2O2S. The van der Waals surface area contributed by atoms with Gasteiger partial charge in [0.1, 0.15) is 0 Å². The van der Waals surface area contributed by atoms with E-state index in [2.05, 4.69) is 21.2 Å². The zero-order chi connectivity index (χ0) is 13.8. The van der Waals surface area contributed by atoms with Crippen LogP contribution in [-0.2, 0) is 13.0 Å². The Hall–Kier alpha value is -1.40. The van der Waals surface area contributed by atoms with Crippen LogP contribution in [-0.4, -0.2) is 4.92 Å². The van der Waals surface area contributed by atoms with Gasteiger partial charge in [0.05, 0.1) is 11.5 Å². The first kappa shape index (κ1) is 14.0. The molecule has 2 rings (SSSR count). The van der Waals surface area contributed by atoms with E-state index in [-0.39, 0.29) is 10.6 Å². The number of nitrogens with zero attached hydrogens (tertiary/aromatic N) is 1. The molecule has 4 nitrogen and oxygen atoms in total. The van der Waals surface area contributed by atoms with Crippen LogP contribution in [0.2, 0.25) is 0 Å². The van der Waals surface area contributed by atoms with E-state index in [1.807, 2.05) is 30.5 Å². The van der Waals surface area contributed by atoms with Crippen LogP contribution in [0.15, 0.2) is 34.1 Å². The first-order valence-corrected chi connectivity index (χ1v) is 7.52. The van der Waals surface area contributed by atoms with E-state index in [1.54, 1.807) is 17.4 Å². The predicted molar refractivity (Wildman–Crippen MR) is 81.8 cm³/mol. The Morgan fingerprint density at radius 3 is 2.79 bits per heavy atom. The fourth-order valence-corrected chi connectivity index (χ4v) is 3.21. The Morgan fingerprint density at radius 2 is 2.21 bits per heavy atom. The van der Waals surface area contributed by atoms with Crippen molar-refractivity contribution in [2.24, 2.45) is 0 Å². The van der Waals surface area contributed by atoms with Gasteiger partial charge in [-0.05, 0) is 39.9 Å². The summed E-state index contributed by atoms with van der Waals surface area (Å²) in [4.78, 5) is 11.8. The zero-order valence-corrected chi connectivity index (χ0v) is 12.8. The van der Waals surface area contributed by atoms with E-state index in [4.69, 9.17) is 0 Å². The third-order valence-electron chi connectivity index (χ3n) is 2.81. The van der Waals surface area contributed by atoms with Crippen LogP contribution < -0.4 is 5.32 Å². The summed E-state index contributed by atoms with van der Waals surface area (Å²) < 4.78 is 1.06. The second-order valence-electron chi connectivity index (χ2n) is 4.00. The van der Waals surface area contributed by atoms with E-state index < -0.39 is 0 Å². The molecule has 1 aromatic heterocycles. The van der Waals surface area contributed by atoms with Crippen LogP contribution in [0.25, 0.3) is 0 Å². The van der Waals surface area contributed by atoms with Gasteiger partial charge in [-0.2, -0.15) is 0 Å². The van der Waals surface area contributed by atoms with Gasteiger partial charge in [-0.25, -0.2) is 0 Å². The van der Waals surface area contributed by atoms with Crippen LogP contribution in [0.1, 0.15) is 17.4 Å². The topological polar surface area (TPSA) is 55.2 Å². The lowest BCUT2D eigenvalue weighted by molar-refractivity contribution is -0.385. The van der Waals surface area contributed by atoms with Crippen LogP contribution in [0.5, 0.6) is 0 Å². The average Bonchev–Trinajstić information content (AvgIpc) is 2.81. The molecule has 0 fully saturated rings. The summed E-state index contributed by atoms with van der Waals surface area (Å²) >= 11 is 5.11. The molecule has 0 saturated carbocycles. The second-order valence-corrected chi connectivity index (χ2v) is 5.85. The first-order valence-electron chi connectivity index (χ1n) is 5.85. The van der Waals surface area contributed by atoms with Crippen molar-refractivity contribution in [2.45, 2.75) is 19.9 Å². The molecule has 0 radical (unpaired) electrons. The molecule has 100 valence electrons. The van der Waals surface area contributed by atoms with Crippen LogP contribution in [0, 0.1) is 10.1 Å². The summed E-state index contributed by atoms with van der Waals surface area (Å²) in [5.41, 5.74) is 1.70. The van der Waals surface area contributed by atoms with Crippen LogP contribution in [0.3, 0.4) is 0 Å². The molecule has 0 aliphatic carbocycles. The fourth-order valence-electron chi connectivity index (χ4n) is 1.78. The molecule has 0 aliphatic heterocycles. The molecule has 1 aromatic carbocycles. The number of hydrogen-bond donors (Lipinski definition) is 1. The van der Waals surface area contributed by atoms with Gasteiger partial charge in [-0.1, -0.05) is 13.0 Å². The minimum absolute atomic E-state index is 0.178. The van der Waals surface area contributed by atoms with Crippen LogP contribution >= 0.6 is 27.3 Å². The third kappa shape index (κ3) is 3.33. The fraction of sp³-hybridized carbons (Fsp3) is 0.231. The molecule has 6 heteroatoms. The highest BCUT2D eigenvalue weighted by molar-refractivity contribution is 9.10. The van der Waals surface area contributed by atoms with Gasteiger partial charge < -0.3 is 5.32 Å². The standard InChI is InChI=1S/C13H13BrN2O2S/c1-2-9-3-4-10(7-12(9)16(17)18)15-8-13-11(14)5-6-19-13/h3-7,15H,2,8H2,1H3. The second kappa shape index (κ2) is 6.16. The Bertz CT molecular complexity index is 598. The number of halogens is 1. The summed E-state index contributed by atoms with van der Waals surface area (Å²) in [5.74, 6) is 0. The van der Waals surface area contributed by atoms with Crippen molar-refractivity contribution in [3.63, 3.8) is 0 Å². The monoisotopic (exact) mass is 340 g/mol. The molecule has 2 aromatic rings. The minimum Gasteiger partial charge on any atom is -0.380 e. The van der Waals surface area contributed by atoms with Crippen molar-refractivity contribution >= 4 is 38.6 Å². The van der Waals surface area contributed by atoms with Crippen molar-refractivity contribution in [1.82, 2.24) is 0 Å². The van der Waals surface area contributed by atoms with Gasteiger partial charge in [0.25, 0.3) is 5.69 Å². The highest BCUT2D eigenvalue weighted by Gasteiger charge is 2.13. The molecule has 0 saturated heterocycles. The molecule has 0 amide bonds. The Balaban J connectivity index is 2.15. The molecule has 0 aliphatic rings. The number of anilines is 1. The summed E-state index contributed by atoms with van der Waals surface area (Å²) in [7, 11) is 0. The first-order chi connectivity index (χ1) is 9.11. The lowest BCUT2D eigenvalue weighted by Gasteiger charge is -2.07. The maximum absolute atomic E-state index is 11.0. The quantitative estimate of drug-likeness (QED) is 0.639. The van der Waals surface area contributed by atoms with E-state index in [9.17, 15) is 10.1 Å².